The number of nitrogens with one attached hydrogen (secondary N) is 2. The lowest BCUT2D eigenvalue weighted by Gasteiger charge is -2.10. The Morgan fingerprint density at radius 1 is 1.08 bits per heavy atom. The normalized spacial score (nSPS) is 10.5. The molecule has 3 aromatic rings. The third-order valence-corrected chi connectivity index (χ3v) is 4.65. The number of nitrogens with zero attached hydrogens (tertiary/aromatic N) is 1. The van der Waals surface area contributed by atoms with Crippen LogP contribution in [-0.2, 0) is 11.3 Å². The van der Waals surface area contributed by atoms with E-state index in [9.17, 15) is 9.59 Å². The van der Waals surface area contributed by atoms with Gasteiger partial charge in [0.15, 0.2) is 0 Å². The summed E-state index contributed by atoms with van der Waals surface area (Å²) < 4.78 is 6.51. The first-order valence-corrected chi connectivity index (χ1v) is 9.10. The molecule has 7 heteroatoms. The van der Waals surface area contributed by atoms with Crippen LogP contribution in [0.15, 0.2) is 48.5 Å². The highest BCUT2D eigenvalue weighted by atomic mass is 32.1. The van der Waals surface area contributed by atoms with Gasteiger partial charge in [-0.05, 0) is 31.2 Å². The van der Waals surface area contributed by atoms with E-state index < -0.39 is 0 Å². The number of rotatable bonds is 7. The van der Waals surface area contributed by atoms with Crippen LogP contribution in [0.25, 0.3) is 10.2 Å². The van der Waals surface area contributed by atoms with Crippen molar-refractivity contribution in [3.63, 3.8) is 0 Å². The van der Waals surface area contributed by atoms with Gasteiger partial charge in [-0.3, -0.25) is 9.59 Å². The van der Waals surface area contributed by atoms with Crippen LogP contribution in [0, 0.1) is 0 Å². The largest absolute Gasteiger partial charge is 0.493 e. The Balaban J connectivity index is 1.51. The van der Waals surface area contributed by atoms with Crippen molar-refractivity contribution in [2.45, 2.75) is 13.5 Å². The second kappa shape index (κ2) is 8.44. The summed E-state index contributed by atoms with van der Waals surface area (Å²) in [5.41, 5.74) is 1.33. The van der Waals surface area contributed by atoms with Gasteiger partial charge in [0.25, 0.3) is 5.91 Å². The maximum atomic E-state index is 12.3. The first-order chi connectivity index (χ1) is 12.7. The number of ether oxygens (including phenoxy) is 1. The summed E-state index contributed by atoms with van der Waals surface area (Å²) in [5.74, 6) is -0.113. The average Bonchev–Trinajstić information content (AvgIpc) is 3.08. The predicted molar refractivity (Wildman–Crippen MR) is 101 cm³/mol. The van der Waals surface area contributed by atoms with Gasteiger partial charge < -0.3 is 15.4 Å². The van der Waals surface area contributed by atoms with Crippen molar-refractivity contribution >= 4 is 33.4 Å². The second-order valence-electron chi connectivity index (χ2n) is 5.46. The first kappa shape index (κ1) is 17.9. The quantitative estimate of drug-likeness (QED) is 0.671. The molecule has 1 heterocycles. The van der Waals surface area contributed by atoms with E-state index in [0.29, 0.717) is 24.5 Å². The number of carbonyl (C=O) groups excluding carboxylic acids is 2. The van der Waals surface area contributed by atoms with Crippen molar-refractivity contribution in [3.05, 3.63) is 59.1 Å². The van der Waals surface area contributed by atoms with Gasteiger partial charge in [0.05, 0.1) is 35.5 Å². The van der Waals surface area contributed by atoms with E-state index in [-0.39, 0.29) is 18.4 Å². The van der Waals surface area contributed by atoms with Crippen LogP contribution in [0.1, 0.15) is 22.3 Å². The molecule has 0 bridgehead atoms. The zero-order valence-electron chi connectivity index (χ0n) is 14.3. The molecule has 0 aliphatic heterocycles. The molecule has 2 N–H and O–H groups in total. The van der Waals surface area contributed by atoms with Gasteiger partial charge in [-0.15, -0.1) is 11.3 Å². The van der Waals surface area contributed by atoms with Gasteiger partial charge in [0.2, 0.25) is 5.91 Å². The van der Waals surface area contributed by atoms with Crippen LogP contribution >= 0.6 is 11.3 Å². The molecule has 0 fully saturated rings. The molecule has 2 amide bonds. The van der Waals surface area contributed by atoms with Crippen molar-refractivity contribution < 1.29 is 14.3 Å². The first-order valence-electron chi connectivity index (χ1n) is 8.28. The molecular formula is C19H19N3O3S. The zero-order chi connectivity index (χ0) is 18.4. The number of amides is 2. The van der Waals surface area contributed by atoms with Gasteiger partial charge in [0, 0.05) is 0 Å². The minimum Gasteiger partial charge on any atom is -0.493 e. The molecule has 6 nitrogen and oxygen atoms in total. The molecular weight excluding hydrogens is 350 g/mol. The second-order valence-corrected chi connectivity index (χ2v) is 6.58. The lowest BCUT2D eigenvalue weighted by molar-refractivity contribution is -0.120. The van der Waals surface area contributed by atoms with E-state index in [1.54, 1.807) is 24.3 Å². The number of para-hydroxylation sites is 2. The summed E-state index contributed by atoms with van der Waals surface area (Å²) in [7, 11) is 0. The molecule has 0 saturated heterocycles. The molecule has 0 radical (unpaired) electrons. The smallest absolute Gasteiger partial charge is 0.255 e. The van der Waals surface area contributed by atoms with E-state index in [2.05, 4.69) is 15.6 Å². The molecule has 0 aliphatic rings. The van der Waals surface area contributed by atoms with Crippen molar-refractivity contribution in [1.82, 2.24) is 15.6 Å². The summed E-state index contributed by atoms with van der Waals surface area (Å²) in [6.07, 6.45) is 0. The third kappa shape index (κ3) is 4.37. The summed E-state index contributed by atoms with van der Waals surface area (Å²) in [5, 5.41) is 6.21. The zero-order valence-corrected chi connectivity index (χ0v) is 15.1. The number of aromatic nitrogens is 1. The molecule has 0 unspecified atom stereocenters. The van der Waals surface area contributed by atoms with Gasteiger partial charge >= 0.3 is 0 Å². The number of carbonyl (C=O) groups is 2. The van der Waals surface area contributed by atoms with Crippen LogP contribution in [0.5, 0.6) is 5.75 Å². The summed E-state index contributed by atoms with van der Waals surface area (Å²) in [6, 6.07) is 14.8. The monoisotopic (exact) mass is 369 g/mol. The Kier molecular flexibility index (Phi) is 5.80. The average molecular weight is 369 g/mol. The van der Waals surface area contributed by atoms with E-state index in [1.807, 2.05) is 31.2 Å². The van der Waals surface area contributed by atoms with Crippen LogP contribution in [-0.4, -0.2) is 29.9 Å². The van der Waals surface area contributed by atoms with Gasteiger partial charge in [-0.25, -0.2) is 4.98 Å². The maximum absolute atomic E-state index is 12.3. The van der Waals surface area contributed by atoms with E-state index in [4.69, 9.17) is 4.74 Å². The van der Waals surface area contributed by atoms with E-state index in [1.165, 1.54) is 11.3 Å². The summed E-state index contributed by atoms with van der Waals surface area (Å²) in [4.78, 5) is 28.7. The fraction of sp³-hybridized carbons (Fsp3) is 0.211. The van der Waals surface area contributed by atoms with Crippen molar-refractivity contribution in [2.24, 2.45) is 0 Å². The molecule has 1 aromatic heterocycles. The molecule has 0 aliphatic carbocycles. The minimum absolute atomic E-state index is 0.107. The molecule has 0 atom stereocenters. The Morgan fingerprint density at radius 2 is 1.85 bits per heavy atom. The lowest BCUT2D eigenvalue weighted by Crippen LogP contribution is -2.36. The van der Waals surface area contributed by atoms with Gasteiger partial charge in [-0.1, -0.05) is 24.3 Å². The Labute approximate surface area is 155 Å². The Morgan fingerprint density at radius 3 is 2.65 bits per heavy atom. The SMILES string of the molecule is CCOc1ccccc1C(=O)NCC(=O)NCc1nc2ccccc2s1. The lowest BCUT2D eigenvalue weighted by atomic mass is 10.2. The highest BCUT2D eigenvalue weighted by Crippen LogP contribution is 2.21. The molecule has 3 rings (SSSR count). The van der Waals surface area contributed by atoms with Crippen molar-refractivity contribution in [2.75, 3.05) is 13.2 Å². The number of thiazole rings is 1. The van der Waals surface area contributed by atoms with Crippen LogP contribution in [0.2, 0.25) is 0 Å². The van der Waals surface area contributed by atoms with Gasteiger partial charge in [0.1, 0.15) is 10.8 Å². The molecule has 2 aromatic carbocycles. The van der Waals surface area contributed by atoms with Crippen LogP contribution in [0.3, 0.4) is 0 Å². The molecule has 0 saturated carbocycles. The topological polar surface area (TPSA) is 80.3 Å². The molecule has 0 spiro atoms. The predicted octanol–water partition coefficient (Wildman–Crippen LogP) is 2.74. The van der Waals surface area contributed by atoms with E-state index >= 15 is 0 Å². The Hall–Kier alpha value is -2.93. The Bertz CT molecular complexity index is 890. The van der Waals surface area contributed by atoms with Crippen LogP contribution in [0.4, 0.5) is 0 Å². The van der Waals surface area contributed by atoms with Crippen molar-refractivity contribution in [1.29, 1.82) is 0 Å². The number of hydrogen-bond acceptors (Lipinski definition) is 5. The standard InChI is InChI=1S/C19H19N3O3S/c1-2-25-15-9-5-3-7-13(15)19(24)21-11-17(23)20-12-18-22-14-8-4-6-10-16(14)26-18/h3-10H,2,11-12H2,1H3,(H,20,23)(H,21,24). The van der Waals surface area contributed by atoms with Crippen molar-refractivity contribution in [3.8, 4) is 5.75 Å². The number of hydrogen-bond donors (Lipinski definition) is 2. The summed E-state index contributed by atoms with van der Waals surface area (Å²) in [6.45, 7) is 2.55. The number of fused-ring (bicyclic) bond motifs is 1. The third-order valence-electron chi connectivity index (χ3n) is 3.62. The summed E-state index contributed by atoms with van der Waals surface area (Å²) >= 11 is 1.54. The fourth-order valence-electron chi connectivity index (χ4n) is 2.42. The maximum Gasteiger partial charge on any atom is 0.255 e. The van der Waals surface area contributed by atoms with Gasteiger partial charge in [-0.2, -0.15) is 0 Å². The highest BCUT2D eigenvalue weighted by Gasteiger charge is 2.13. The van der Waals surface area contributed by atoms with Crippen LogP contribution < -0.4 is 15.4 Å². The molecule has 26 heavy (non-hydrogen) atoms. The fourth-order valence-corrected chi connectivity index (χ4v) is 3.33. The number of benzene rings is 2. The minimum atomic E-state index is -0.343. The van der Waals surface area contributed by atoms with E-state index in [0.717, 1.165) is 15.2 Å². The highest BCUT2D eigenvalue weighted by molar-refractivity contribution is 7.18. The molecule has 134 valence electrons.